The van der Waals surface area contributed by atoms with Gasteiger partial charge in [-0.05, 0) is 19.1 Å². The van der Waals surface area contributed by atoms with Gasteiger partial charge in [0.2, 0.25) is 0 Å². The fraction of sp³-hybridized carbons (Fsp3) is 0.167. The zero-order valence-corrected chi connectivity index (χ0v) is 10.0. The van der Waals surface area contributed by atoms with Crippen LogP contribution in [0.2, 0.25) is 0 Å². The molecule has 2 aromatic rings. The van der Waals surface area contributed by atoms with E-state index in [4.69, 9.17) is 15.6 Å². The lowest BCUT2D eigenvalue weighted by molar-refractivity contribution is 0.0697. The van der Waals surface area contributed by atoms with Crippen LogP contribution in [0, 0.1) is 6.92 Å². The van der Waals surface area contributed by atoms with Crippen LogP contribution in [0.5, 0.6) is 5.75 Å². The predicted octanol–water partition coefficient (Wildman–Crippen LogP) is 1.67. The van der Waals surface area contributed by atoms with E-state index in [-0.39, 0.29) is 5.56 Å². The van der Waals surface area contributed by atoms with E-state index in [1.54, 1.807) is 25.1 Å². The molecule has 0 atom stereocenters. The Balaban J connectivity index is 2.59. The lowest BCUT2D eigenvalue weighted by Crippen LogP contribution is -2.01. The van der Waals surface area contributed by atoms with Crippen LogP contribution in [0.3, 0.4) is 0 Å². The number of H-pyrrole nitrogens is 1. The van der Waals surface area contributed by atoms with Crippen molar-refractivity contribution in [3.05, 3.63) is 29.5 Å². The average molecular weight is 247 g/mol. The van der Waals surface area contributed by atoms with Gasteiger partial charge in [-0.3, -0.25) is 5.10 Å². The molecule has 0 fully saturated rings. The van der Waals surface area contributed by atoms with Crippen molar-refractivity contribution < 1.29 is 14.6 Å². The summed E-state index contributed by atoms with van der Waals surface area (Å²) < 4.78 is 5.04. The molecule has 0 saturated carbocycles. The quantitative estimate of drug-likeness (QED) is 0.716. The number of benzene rings is 1. The molecule has 0 aliphatic rings. The molecule has 4 N–H and O–H groups in total. The van der Waals surface area contributed by atoms with Crippen LogP contribution in [0.15, 0.2) is 18.2 Å². The first kappa shape index (κ1) is 12.0. The van der Waals surface area contributed by atoms with Gasteiger partial charge >= 0.3 is 5.97 Å². The van der Waals surface area contributed by atoms with E-state index >= 15 is 0 Å². The van der Waals surface area contributed by atoms with Gasteiger partial charge in [0, 0.05) is 23.0 Å². The third kappa shape index (κ3) is 1.88. The molecule has 2 rings (SSSR count). The van der Waals surface area contributed by atoms with Crippen molar-refractivity contribution in [2.75, 3.05) is 12.8 Å². The Bertz CT molecular complexity index is 605. The summed E-state index contributed by atoms with van der Waals surface area (Å²) in [6.07, 6.45) is 0. The number of aromatic nitrogens is 2. The maximum atomic E-state index is 11.2. The molecule has 1 aromatic heterocycles. The number of aromatic amines is 1. The molecular formula is C12H13N3O3. The van der Waals surface area contributed by atoms with E-state index in [0.717, 1.165) is 0 Å². The van der Waals surface area contributed by atoms with Crippen molar-refractivity contribution in [1.82, 2.24) is 10.2 Å². The maximum Gasteiger partial charge on any atom is 0.339 e. The summed E-state index contributed by atoms with van der Waals surface area (Å²) in [5.41, 5.74) is 7.83. The summed E-state index contributed by atoms with van der Waals surface area (Å²) in [4.78, 5) is 11.2. The fourth-order valence-corrected chi connectivity index (χ4v) is 1.77. The number of nitrogens with zero attached hydrogens (tertiary/aromatic N) is 1. The maximum absolute atomic E-state index is 11.2. The van der Waals surface area contributed by atoms with Crippen LogP contribution >= 0.6 is 0 Å². The zero-order chi connectivity index (χ0) is 13.3. The minimum Gasteiger partial charge on any atom is -0.497 e. The van der Waals surface area contributed by atoms with Crippen molar-refractivity contribution >= 4 is 11.7 Å². The van der Waals surface area contributed by atoms with Crippen LogP contribution in [0.25, 0.3) is 11.3 Å². The number of nitrogens with two attached hydrogens (primary N) is 1. The summed E-state index contributed by atoms with van der Waals surface area (Å²) in [7, 11) is 1.54. The molecule has 1 heterocycles. The van der Waals surface area contributed by atoms with Crippen LogP contribution in [0.4, 0.5) is 5.69 Å². The molecule has 6 heteroatoms. The van der Waals surface area contributed by atoms with E-state index in [9.17, 15) is 4.79 Å². The van der Waals surface area contributed by atoms with Gasteiger partial charge in [0.05, 0.1) is 7.11 Å². The highest BCUT2D eigenvalue weighted by Gasteiger charge is 2.20. The standard InChI is InChI=1S/C12H13N3O3/c1-6-10(12(16)17)11(15-14-6)8-4-3-7(18-2)5-9(8)13/h3-5H,13H2,1-2H3,(H,14,15)(H,16,17). The average Bonchev–Trinajstić information content (AvgIpc) is 2.70. The number of hydrogen-bond acceptors (Lipinski definition) is 4. The predicted molar refractivity (Wildman–Crippen MR) is 66.7 cm³/mol. The largest absolute Gasteiger partial charge is 0.497 e. The molecule has 0 saturated heterocycles. The summed E-state index contributed by atoms with van der Waals surface area (Å²) in [6.45, 7) is 1.65. The first-order chi connectivity index (χ1) is 8.54. The van der Waals surface area contributed by atoms with Gasteiger partial charge in [0.1, 0.15) is 17.0 Å². The number of rotatable bonds is 3. The third-order valence-corrected chi connectivity index (χ3v) is 2.67. The first-order valence-corrected chi connectivity index (χ1v) is 5.26. The monoisotopic (exact) mass is 247 g/mol. The SMILES string of the molecule is COc1ccc(-c2n[nH]c(C)c2C(=O)O)c(N)c1. The zero-order valence-electron chi connectivity index (χ0n) is 10.0. The molecule has 94 valence electrons. The lowest BCUT2D eigenvalue weighted by Gasteiger charge is -2.06. The molecule has 6 nitrogen and oxygen atoms in total. The van der Waals surface area contributed by atoms with Crippen LogP contribution < -0.4 is 10.5 Å². The van der Waals surface area contributed by atoms with Gasteiger partial charge in [-0.1, -0.05) is 0 Å². The topological polar surface area (TPSA) is 101 Å². The Kier molecular flexibility index (Phi) is 2.93. The Labute approximate surface area is 103 Å². The van der Waals surface area contributed by atoms with Crippen molar-refractivity contribution in [2.24, 2.45) is 0 Å². The number of carbonyl (C=O) groups is 1. The number of nitrogen functional groups attached to an aromatic ring is 1. The van der Waals surface area contributed by atoms with Gasteiger partial charge in [0.15, 0.2) is 0 Å². The Morgan fingerprint density at radius 3 is 2.78 bits per heavy atom. The number of aromatic carboxylic acids is 1. The lowest BCUT2D eigenvalue weighted by atomic mass is 10.0. The number of anilines is 1. The van der Waals surface area contributed by atoms with E-state index in [0.29, 0.717) is 28.4 Å². The highest BCUT2D eigenvalue weighted by molar-refractivity contribution is 5.97. The van der Waals surface area contributed by atoms with E-state index in [1.165, 1.54) is 7.11 Å². The smallest absolute Gasteiger partial charge is 0.339 e. The second kappa shape index (κ2) is 4.40. The number of hydrogen-bond donors (Lipinski definition) is 3. The normalized spacial score (nSPS) is 10.3. The van der Waals surface area contributed by atoms with Crippen LogP contribution in [-0.2, 0) is 0 Å². The summed E-state index contributed by atoms with van der Waals surface area (Å²) >= 11 is 0. The highest BCUT2D eigenvalue weighted by atomic mass is 16.5. The van der Waals surface area contributed by atoms with Gasteiger partial charge in [-0.15, -0.1) is 0 Å². The van der Waals surface area contributed by atoms with Crippen LogP contribution in [-0.4, -0.2) is 28.4 Å². The first-order valence-electron chi connectivity index (χ1n) is 5.26. The highest BCUT2D eigenvalue weighted by Crippen LogP contribution is 2.31. The fourth-order valence-electron chi connectivity index (χ4n) is 1.77. The van der Waals surface area contributed by atoms with Crippen molar-refractivity contribution in [3.8, 4) is 17.0 Å². The third-order valence-electron chi connectivity index (χ3n) is 2.67. The molecular weight excluding hydrogens is 234 g/mol. The number of aryl methyl sites for hydroxylation is 1. The number of nitrogens with one attached hydrogen (secondary N) is 1. The Morgan fingerprint density at radius 2 is 2.22 bits per heavy atom. The van der Waals surface area contributed by atoms with Gasteiger partial charge < -0.3 is 15.6 Å². The summed E-state index contributed by atoms with van der Waals surface area (Å²) in [5.74, 6) is -0.424. The van der Waals surface area contributed by atoms with Crippen molar-refractivity contribution in [2.45, 2.75) is 6.92 Å². The molecule has 1 aromatic carbocycles. The molecule has 18 heavy (non-hydrogen) atoms. The number of methoxy groups -OCH3 is 1. The second-order valence-electron chi connectivity index (χ2n) is 3.83. The molecule has 0 bridgehead atoms. The van der Waals surface area contributed by atoms with Crippen molar-refractivity contribution in [1.29, 1.82) is 0 Å². The minimum atomic E-state index is -1.04. The number of carboxylic acid groups (broad SMARTS) is 1. The summed E-state index contributed by atoms with van der Waals surface area (Å²) in [6, 6.07) is 5.03. The minimum absolute atomic E-state index is 0.131. The van der Waals surface area contributed by atoms with Gasteiger partial charge in [-0.25, -0.2) is 4.79 Å². The van der Waals surface area contributed by atoms with Crippen LogP contribution in [0.1, 0.15) is 16.1 Å². The molecule has 0 aliphatic carbocycles. The van der Waals surface area contributed by atoms with Crippen molar-refractivity contribution in [3.63, 3.8) is 0 Å². The number of carboxylic acids is 1. The molecule has 0 amide bonds. The summed E-state index contributed by atoms with van der Waals surface area (Å²) in [5, 5.41) is 15.8. The number of ether oxygens (including phenoxy) is 1. The molecule has 0 unspecified atom stereocenters. The van der Waals surface area contributed by atoms with Gasteiger partial charge in [-0.2, -0.15) is 5.10 Å². The molecule has 0 radical (unpaired) electrons. The van der Waals surface area contributed by atoms with E-state index in [2.05, 4.69) is 10.2 Å². The van der Waals surface area contributed by atoms with Gasteiger partial charge in [0.25, 0.3) is 0 Å². The van der Waals surface area contributed by atoms with E-state index in [1.807, 2.05) is 0 Å². The molecule has 0 aliphatic heterocycles. The second-order valence-corrected chi connectivity index (χ2v) is 3.83. The Morgan fingerprint density at radius 1 is 1.50 bits per heavy atom. The van der Waals surface area contributed by atoms with E-state index < -0.39 is 5.97 Å². The molecule has 0 spiro atoms. The Hall–Kier alpha value is -2.50.